The van der Waals surface area contributed by atoms with Crippen molar-refractivity contribution >= 4 is 5.71 Å². The predicted octanol–water partition coefficient (Wildman–Crippen LogP) is 0.759. The Morgan fingerprint density at radius 1 is 1.71 bits per heavy atom. The normalized spacial score (nSPS) is 7.71. The molecule has 0 heterocycles. The Kier molecular flexibility index (Phi) is 2.12. The highest BCUT2D eigenvalue weighted by Crippen LogP contribution is 1.80. The standard InChI is InChI=1S/C5H10N2/c1-4(6)5(2)7-3/h6-7H,2H2,1,3H3. The van der Waals surface area contributed by atoms with Crippen molar-refractivity contribution in [2.75, 3.05) is 7.05 Å². The van der Waals surface area contributed by atoms with Crippen LogP contribution < -0.4 is 5.32 Å². The zero-order valence-corrected chi connectivity index (χ0v) is 4.71. The van der Waals surface area contributed by atoms with Crippen LogP contribution in [0.25, 0.3) is 0 Å². The Balaban J connectivity index is 3.58. The van der Waals surface area contributed by atoms with E-state index in [1.165, 1.54) is 0 Å². The molecule has 0 fully saturated rings. The van der Waals surface area contributed by atoms with Crippen LogP contribution in [0.15, 0.2) is 12.3 Å². The molecule has 0 saturated heterocycles. The summed E-state index contributed by atoms with van der Waals surface area (Å²) in [5.41, 5.74) is 1.17. The first-order valence-corrected chi connectivity index (χ1v) is 2.10. The SMILES string of the molecule is C=C(NC)C(C)=N. The molecule has 0 atom stereocenters. The van der Waals surface area contributed by atoms with Gasteiger partial charge in [-0.2, -0.15) is 0 Å². The molecule has 7 heavy (non-hydrogen) atoms. The molecule has 0 saturated carbocycles. The molecule has 0 aliphatic rings. The van der Waals surface area contributed by atoms with E-state index in [-0.39, 0.29) is 0 Å². The van der Waals surface area contributed by atoms with Gasteiger partial charge in [0.1, 0.15) is 0 Å². The number of rotatable bonds is 2. The number of hydrogen-bond acceptors (Lipinski definition) is 2. The van der Waals surface area contributed by atoms with Gasteiger partial charge in [-0.25, -0.2) is 0 Å². The van der Waals surface area contributed by atoms with Crippen LogP contribution in [0.2, 0.25) is 0 Å². The maximum absolute atomic E-state index is 6.94. The summed E-state index contributed by atoms with van der Waals surface area (Å²) in [6, 6.07) is 0. The summed E-state index contributed by atoms with van der Waals surface area (Å²) in [7, 11) is 1.75. The Hall–Kier alpha value is -0.790. The van der Waals surface area contributed by atoms with Crippen molar-refractivity contribution in [3.8, 4) is 0 Å². The maximum atomic E-state index is 6.94. The van der Waals surface area contributed by atoms with Crippen LogP contribution in [-0.4, -0.2) is 12.8 Å². The molecule has 2 nitrogen and oxygen atoms in total. The van der Waals surface area contributed by atoms with Crippen LogP contribution in [0.4, 0.5) is 0 Å². The largest absolute Gasteiger partial charge is 0.387 e. The van der Waals surface area contributed by atoms with Crippen LogP contribution in [0.1, 0.15) is 6.92 Å². The highest BCUT2D eigenvalue weighted by Gasteiger charge is 1.86. The molecule has 0 aliphatic heterocycles. The summed E-state index contributed by atoms with van der Waals surface area (Å²) < 4.78 is 0. The lowest BCUT2D eigenvalue weighted by atomic mass is 10.3. The van der Waals surface area contributed by atoms with Crippen LogP contribution in [0.5, 0.6) is 0 Å². The topological polar surface area (TPSA) is 35.9 Å². The van der Waals surface area contributed by atoms with Gasteiger partial charge in [-0.1, -0.05) is 6.58 Å². The Bertz CT molecular complexity index is 94.3. The molecule has 0 aliphatic carbocycles. The maximum Gasteiger partial charge on any atom is 0.0507 e. The van der Waals surface area contributed by atoms with E-state index in [0.717, 1.165) is 0 Å². The summed E-state index contributed by atoms with van der Waals surface area (Å²) in [6.45, 7) is 5.23. The summed E-state index contributed by atoms with van der Waals surface area (Å²) in [5, 5.41) is 9.68. The van der Waals surface area contributed by atoms with E-state index in [2.05, 4.69) is 11.9 Å². The lowest BCUT2D eigenvalue weighted by molar-refractivity contribution is 1.05. The average molecular weight is 98.1 g/mol. The Labute approximate surface area is 43.7 Å². The van der Waals surface area contributed by atoms with E-state index >= 15 is 0 Å². The van der Waals surface area contributed by atoms with Gasteiger partial charge >= 0.3 is 0 Å². The molecular formula is C5H10N2. The molecule has 0 unspecified atom stereocenters. The quantitative estimate of drug-likeness (QED) is 0.491. The van der Waals surface area contributed by atoms with Crippen LogP contribution in [-0.2, 0) is 0 Å². The van der Waals surface area contributed by atoms with Gasteiger partial charge < -0.3 is 10.7 Å². The number of allylic oxidation sites excluding steroid dienone is 1. The van der Waals surface area contributed by atoms with Crippen LogP contribution >= 0.6 is 0 Å². The van der Waals surface area contributed by atoms with Crippen LogP contribution in [0, 0.1) is 5.41 Å². The number of hydrogen-bond donors (Lipinski definition) is 2. The molecule has 0 aromatic rings. The third-order valence-corrected chi connectivity index (χ3v) is 0.754. The summed E-state index contributed by atoms with van der Waals surface area (Å²) in [6.07, 6.45) is 0. The third-order valence-electron chi connectivity index (χ3n) is 0.754. The van der Waals surface area contributed by atoms with E-state index in [1.807, 2.05) is 0 Å². The van der Waals surface area contributed by atoms with Crippen molar-refractivity contribution in [3.63, 3.8) is 0 Å². The van der Waals surface area contributed by atoms with E-state index in [9.17, 15) is 0 Å². The minimum absolute atomic E-state index is 0.488. The first-order valence-electron chi connectivity index (χ1n) is 2.10. The van der Waals surface area contributed by atoms with Gasteiger partial charge in [0.25, 0.3) is 0 Å². The minimum atomic E-state index is 0.488. The molecule has 0 rings (SSSR count). The second-order valence-electron chi connectivity index (χ2n) is 1.35. The Morgan fingerprint density at radius 3 is 2.14 bits per heavy atom. The average Bonchev–Trinajstić information content (AvgIpc) is 1.65. The van der Waals surface area contributed by atoms with Gasteiger partial charge in [0, 0.05) is 12.7 Å². The van der Waals surface area contributed by atoms with E-state index in [0.29, 0.717) is 11.4 Å². The van der Waals surface area contributed by atoms with Gasteiger partial charge in [-0.05, 0) is 6.92 Å². The molecule has 0 aromatic heterocycles. The number of nitrogens with one attached hydrogen (secondary N) is 2. The molecular weight excluding hydrogens is 88.1 g/mol. The van der Waals surface area contributed by atoms with Crippen molar-refractivity contribution in [3.05, 3.63) is 12.3 Å². The van der Waals surface area contributed by atoms with Crippen molar-refractivity contribution in [2.45, 2.75) is 6.92 Å². The summed E-state index contributed by atoms with van der Waals surface area (Å²) in [4.78, 5) is 0. The second-order valence-corrected chi connectivity index (χ2v) is 1.35. The first kappa shape index (κ1) is 6.21. The molecule has 0 amide bonds. The molecule has 2 N–H and O–H groups in total. The smallest absolute Gasteiger partial charge is 0.0507 e. The molecule has 0 spiro atoms. The summed E-state index contributed by atoms with van der Waals surface area (Å²) >= 11 is 0. The van der Waals surface area contributed by atoms with Crippen molar-refractivity contribution < 1.29 is 0 Å². The fourth-order valence-corrected chi connectivity index (χ4v) is 0.188. The third kappa shape index (κ3) is 1.98. The van der Waals surface area contributed by atoms with E-state index in [4.69, 9.17) is 5.41 Å². The second kappa shape index (κ2) is 2.39. The van der Waals surface area contributed by atoms with Gasteiger partial charge in [0.2, 0.25) is 0 Å². The van der Waals surface area contributed by atoms with Crippen LogP contribution in [0.3, 0.4) is 0 Å². The first-order chi connectivity index (χ1) is 3.18. The molecule has 2 heteroatoms. The van der Waals surface area contributed by atoms with Crippen molar-refractivity contribution in [1.29, 1.82) is 5.41 Å². The molecule has 0 radical (unpaired) electrons. The highest BCUT2D eigenvalue weighted by atomic mass is 14.8. The van der Waals surface area contributed by atoms with Gasteiger partial charge in [0.05, 0.1) is 5.71 Å². The lowest BCUT2D eigenvalue weighted by Gasteiger charge is -1.97. The van der Waals surface area contributed by atoms with E-state index in [1.54, 1.807) is 14.0 Å². The monoisotopic (exact) mass is 98.1 g/mol. The molecule has 40 valence electrons. The van der Waals surface area contributed by atoms with Gasteiger partial charge in [-0.15, -0.1) is 0 Å². The van der Waals surface area contributed by atoms with Crippen molar-refractivity contribution in [2.24, 2.45) is 0 Å². The van der Waals surface area contributed by atoms with Gasteiger partial charge in [0.15, 0.2) is 0 Å². The molecule has 0 aromatic carbocycles. The molecule has 0 bridgehead atoms. The van der Waals surface area contributed by atoms with Gasteiger partial charge in [-0.3, -0.25) is 0 Å². The van der Waals surface area contributed by atoms with E-state index < -0.39 is 0 Å². The fraction of sp³-hybridized carbons (Fsp3) is 0.400. The zero-order chi connectivity index (χ0) is 5.86. The Morgan fingerprint density at radius 2 is 2.14 bits per heavy atom. The summed E-state index contributed by atoms with van der Waals surface area (Å²) in [5.74, 6) is 0. The highest BCUT2D eigenvalue weighted by molar-refractivity contribution is 5.94. The predicted molar refractivity (Wildman–Crippen MR) is 31.6 cm³/mol. The zero-order valence-electron chi connectivity index (χ0n) is 4.71. The minimum Gasteiger partial charge on any atom is -0.387 e. The van der Waals surface area contributed by atoms with Crippen molar-refractivity contribution in [1.82, 2.24) is 5.32 Å². The lowest BCUT2D eigenvalue weighted by Crippen LogP contribution is -2.10. The fourth-order valence-electron chi connectivity index (χ4n) is 0.188.